The summed E-state index contributed by atoms with van der Waals surface area (Å²) in [7, 11) is 0. The van der Waals surface area contributed by atoms with Gasteiger partial charge < -0.3 is 10.6 Å². The molecule has 17 heavy (non-hydrogen) atoms. The first-order chi connectivity index (χ1) is 7.90. The predicted octanol–water partition coefficient (Wildman–Crippen LogP) is 2.54. The van der Waals surface area contributed by atoms with Crippen LogP contribution < -0.4 is 10.6 Å². The van der Waals surface area contributed by atoms with Crippen LogP contribution in [0.25, 0.3) is 0 Å². The van der Waals surface area contributed by atoms with Crippen molar-refractivity contribution in [2.24, 2.45) is 0 Å². The summed E-state index contributed by atoms with van der Waals surface area (Å²) in [6, 6.07) is 2.57. The second kappa shape index (κ2) is 6.17. The van der Waals surface area contributed by atoms with E-state index in [9.17, 15) is 4.79 Å². The molecule has 1 atom stereocenters. The molecule has 0 radical (unpaired) electrons. The lowest BCUT2D eigenvalue weighted by molar-refractivity contribution is -0.121. The number of nitrogens with one attached hydrogen (secondary N) is 2. The minimum atomic E-state index is 0.0504. The number of carbonyl (C=O) groups is 1. The molecule has 0 aliphatic heterocycles. The number of amides is 1. The molecule has 0 aromatic carbocycles. The van der Waals surface area contributed by atoms with Gasteiger partial charge in [-0.3, -0.25) is 4.79 Å². The smallest absolute Gasteiger partial charge is 0.234 e. The molecule has 1 aromatic rings. The predicted molar refractivity (Wildman–Crippen MR) is 73.5 cm³/mol. The van der Waals surface area contributed by atoms with Crippen LogP contribution in [0.3, 0.4) is 0 Å². The third kappa shape index (κ3) is 4.48. The van der Waals surface area contributed by atoms with E-state index in [1.807, 2.05) is 20.8 Å². The number of aryl methyl sites for hydroxylation is 2. The van der Waals surface area contributed by atoms with E-state index in [0.29, 0.717) is 12.6 Å². The summed E-state index contributed by atoms with van der Waals surface area (Å²) in [4.78, 5) is 14.3. The Morgan fingerprint density at radius 1 is 1.35 bits per heavy atom. The molecule has 0 saturated carbocycles. The maximum atomic E-state index is 11.7. The van der Waals surface area contributed by atoms with Gasteiger partial charge in [-0.15, -0.1) is 11.3 Å². The molecule has 0 saturated heterocycles. The minimum absolute atomic E-state index is 0.0504. The maximum Gasteiger partial charge on any atom is 0.234 e. The largest absolute Gasteiger partial charge is 0.348 e. The van der Waals surface area contributed by atoms with Crippen LogP contribution >= 0.6 is 11.3 Å². The Morgan fingerprint density at radius 3 is 2.47 bits per heavy atom. The fourth-order valence-electron chi connectivity index (χ4n) is 1.75. The van der Waals surface area contributed by atoms with E-state index in [1.165, 1.54) is 15.3 Å². The van der Waals surface area contributed by atoms with E-state index in [1.54, 1.807) is 11.3 Å². The maximum absolute atomic E-state index is 11.7. The molecule has 0 aliphatic rings. The zero-order chi connectivity index (χ0) is 13.0. The van der Waals surface area contributed by atoms with Crippen LogP contribution in [-0.4, -0.2) is 18.5 Å². The molecule has 0 fully saturated rings. The first-order valence-electron chi connectivity index (χ1n) is 5.99. The van der Waals surface area contributed by atoms with E-state index in [0.717, 1.165) is 0 Å². The quantitative estimate of drug-likeness (QED) is 0.848. The Morgan fingerprint density at radius 2 is 2.00 bits per heavy atom. The van der Waals surface area contributed by atoms with Crippen LogP contribution in [-0.2, 0) is 4.79 Å². The molecule has 1 heterocycles. The van der Waals surface area contributed by atoms with Gasteiger partial charge in [0.1, 0.15) is 0 Å². The monoisotopic (exact) mass is 254 g/mol. The van der Waals surface area contributed by atoms with E-state index >= 15 is 0 Å². The lowest BCUT2D eigenvalue weighted by Gasteiger charge is -2.15. The van der Waals surface area contributed by atoms with Crippen LogP contribution in [0.5, 0.6) is 0 Å². The van der Waals surface area contributed by atoms with E-state index < -0.39 is 0 Å². The fraction of sp³-hybridized carbons (Fsp3) is 0.615. The number of hydrogen-bond donors (Lipinski definition) is 2. The highest BCUT2D eigenvalue weighted by Crippen LogP contribution is 2.25. The van der Waals surface area contributed by atoms with Crippen molar-refractivity contribution < 1.29 is 4.79 Å². The fourth-order valence-corrected chi connectivity index (χ4v) is 2.77. The third-order valence-electron chi connectivity index (χ3n) is 2.59. The summed E-state index contributed by atoms with van der Waals surface area (Å²) in [5.74, 6) is 0.0504. The number of rotatable bonds is 5. The summed E-state index contributed by atoms with van der Waals surface area (Å²) < 4.78 is 0. The summed E-state index contributed by atoms with van der Waals surface area (Å²) in [5.41, 5.74) is 1.23. The molecule has 2 N–H and O–H groups in total. The molecule has 1 aromatic heterocycles. The Kier molecular flexibility index (Phi) is 5.15. The Labute approximate surface area is 108 Å². The van der Waals surface area contributed by atoms with Crippen molar-refractivity contribution in [3.63, 3.8) is 0 Å². The number of thiophene rings is 1. The van der Waals surface area contributed by atoms with Gasteiger partial charge in [-0.1, -0.05) is 13.8 Å². The molecule has 3 nitrogen and oxygen atoms in total. The van der Waals surface area contributed by atoms with E-state index in [2.05, 4.69) is 30.5 Å². The normalized spacial score (nSPS) is 12.8. The zero-order valence-corrected chi connectivity index (χ0v) is 12.1. The van der Waals surface area contributed by atoms with Gasteiger partial charge in [-0.2, -0.15) is 0 Å². The van der Waals surface area contributed by atoms with Crippen LogP contribution in [0.4, 0.5) is 0 Å². The average Bonchev–Trinajstić information content (AvgIpc) is 2.55. The van der Waals surface area contributed by atoms with Gasteiger partial charge >= 0.3 is 0 Å². The summed E-state index contributed by atoms with van der Waals surface area (Å²) >= 11 is 1.78. The van der Waals surface area contributed by atoms with Gasteiger partial charge in [-0.25, -0.2) is 0 Å². The van der Waals surface area contributed by atoms with Crippen molar-refractivity contribution in [1.29, 1.82) is 0 Å². The lowest BCUT2D eigenvalue weighted by atomic mass is 10.1. The van der Waals surface area contributed by atoms with Gasteiger partial charge in [0, 0.05) is 15.8 Å². The highest BCUT2D eigenvalue weighted by atomic mass is 32.1. The highest BCUT2D eigenvalue weighted by Gasteiger charge is 2.13. The van der Waals surface area contributed by atoms with Crippen LogP contribution in [0.15, 0.2) is 6.07 Å². The second-order valence-electron chi connectivity index (χ2n) is 4.69. The van der Waals surface area contributed by atoms with Crippen molar-refractivity contribution in [3.8, 4) is 0 Å². The second-order valence-corrected chi connectivity index (χ2v) is 6.15. The molecule has 1 unspecified atom stereocenters. The van der Waals surface area contributed by atoms with Gasteiger partial charge in [-0.05, 0) is 32.4 Å². The zero-order valence-electron chi connectivity index (χ0n) is 11.3. The summed E-state index contributed by atoms with van der Waals surface area (Å²) in [5, 5.41) is 6.12. The van der Waals surface area contributed by atoms with E-state index in [-0.39, 0.29) is 11.9 Å². The van der Waals surface area contributed by atoms with Crippen molar-refractivity contribution in [1.82, 2.24) is 10.6 Å². The molecule has 0 spiro atoms. The summed E-state index contributed by atoms with van der Waals surface area (Å²) in [6.45, 7) is 10.7. The summed E-state index contributed by atoms with van der Waals surface area (Å²) in [6.07, 6.45) is 0. The Balaban J connectivity index is 2.51. The van der Waals surface area contributed by atoms with Crippen molar-refractivity contribution >= 4 is 17.2 Å². The molecule has 96 valence electrons. The van der Waals surface area contributed by atoms with Crippen molar-refractivity contribution in [2.75, 3.05) is 6.54 Å². The van der Waals surface area contributed by atoms with Gasteiger partial charge in [0.25, 0.3) is 0 Å². The SMILES string of the molecule is Cc1cc(C(C)NC(=O)CNC(C)C)c(C)s1. The van der Waals surface area contributed by atoms with Crippen LogP contribution in [0, 0.1) is 13.8 Å². The van der Waals surface area contributed by atoms with Gasteiger partial charge in [0.2, 0.25) is 5.91 Å². The average molecular weight is 254 g/mol. The highest BCUT2D eigenvalue weighted by molar-refractivity contribution is 7.12. The van der Waals surface area contributed by atoms with Crippen LogP contribution in [0.1, 0.15) is 42.1 Å². The molecular weight excluding hydrogens is 232 g/mol. The topological polar surface area (TPSA) is 41.1 Å². The third-order valence-corrected chi connectivity index (χ3v) is 3.58. The number of hydrogen-bond acceptors (Lipinski definition) is 3. The van der Waals surface area contributed by atoms with Gasteiger partial charge in [0.05, 0.1) is 12.6 Å². The standard InChI is InChI=1S/C13H22N2OS/c1-8(2)14-7-13(16)15-10(4)12-6-9(3)17-11(12)5/h6,8,10,14H,7H2,1-5H3,(H,15,16). The molecule has 0 aliphatic carbocycles. The molecule has 1 rings (SSSR count). The molecule has 1 amide bonds. The molecule has 0 bridgehead atoms. The first-order valence-corrected chi connectivity index (χ1v) is 6.81. The first kappa shape index (κ1) is 14.2. The Bertz CT molecular complexity index is 385. The number of carbonyl (C=O) groups excluding carboxylic acids is 1. The lowest BCUT2D eigenvalue weighted by Crippen LogP contribution is -2.38. The van der Waals surface area contributed by atoms with Crippen molar-refractivity contribution in [2.45, 2.75) is 46.7 Å². The minimum Gasteiger partial charge on any atom is -0.348 e. The van der Waals surface area contributed by atoms with Gasteiger partial charge in [0.15, 0.2) is 0 Å². The van der Waals surface area contributed by atoms with E-state index in [4.69, 9.17) is 0 Å². The molecule has 4 heteroatoms. The van der Waals surface area contributed by atoms with Crippen molar-refractivity contribution in [3.05, 3.63) is 21.4 Å². The Hall–Kier alpha value is -0.870. The molecular formula is C13H22N2OS. The van der Waals surface area contributed by atoms with Crippen LogP contribution in [0.2, 0.25) is 0 Å².